The first-order chi connectivity index (χ1) is 7.75. The molecule has 1 fully saturated rings. The van der Waals surface area contributed by atoms with E-state index in [1.807, 2.05) is 25.8 Å². The van der Waals surface area contributed by atoms with Gasteiger partial charge in [0, 0.05) is 20.2 Å². The van der Waals surface area contributed by atoms with Crippen molar-refractivity contribution in [3.8, 4) is 0 Å². The number of ether oxygens (including phenoxy) is 2. The Balaban J connectivity index is 0.00000106. The van der Waals surface area contributed by atoms with Gasteiger partial charge in [-0.05, 0) is 7.05 Å². The molecule has 0 spiro atoms. The highest BCUT2D eigenvalue weighted by Crippen LogP contribution is 2.03. The van der Waals surface area contributed by atoms with Gasteiger partial charge in [-0.15, -0.1) is 0 Å². The quantitative estimate of drug-likeness (QED) is 0.699. The van der Waals surface area contributed by atoms with Gasteiger partial charge in [0.05, 0.1) is 19.8 Å². The topological polar surface area (TPSA) is 50.8 Å². The second kappa shape index (κ2) is 9.57. The minimum atomic E-state index is -0.152. The number of hydrogen-bond donors (Lipinski definition) is 1. The Bertz CT molecular complexity index is 188. The molecule has 0 radical (unpaired) electrons. The Morgan fingerprint density at radius 2 is 2.25 bits per heavy atom. The van der Waals surface area contributed by atoms with Crippen LogP contribution in [0.2, 0.25) is 0 Å². The van der Waals surface area contributed by atoms with Gasteiger partial charge in [0.25, 0.3) is 0 Å². The van der Waals surface area contributed by atoms with Crippen LogP contribution in [0.15, 0.2) is 0 Å². The average Bonchev–Trinajstić information content (AvgIpc) is 2.32. The number of carbonyl (C=O) groups excluding carboxylic acids is 1. The van der Waals surface area contributed by atoms with Gasteiger partial charge >= 0.3 is 0 Å². The molecular formula is C11H24N2O3. The molecule has 1 heterocycles. The number of amides is 1. The molecule has 5 heteroatoms. The largest absolute Gasteiger partial charge is 0.383 e. The molecular weight excluding hydrogens is 208 g/mol. The zero-order valence-electron chi connectivity index (χ0n) is 10.8. The SMILES string of the molecule is CC.COCCNC(=O)C1COCCN1C. The van der Waals surface area contributed by atoms with Gasteiger partial charge in [-0.25, -0.2) is 0 Å². The van der Waals surface area contributed by atoms with Crippen molar-refractivity contribution in [1.29, 1.82) is 0 Å². The van der Waals surface area contributed by atoms with E-state index in [9.17, 15) is 4.79 Å². The van der Waals surface area contributed by atoms with E-state index in [-0.39, 0.29) is 11.9 Å². The molecule has 1 aliphatic heterocycles. The van der Waals surface area contributed by atoms with E-state index in [1.165, 1.54) is 0 Å². The van der Waals surface area contributed by atoms with Crippen LogP contribution in [0.5, 0.6) is 0 Å². The number of likely N-dealkylation sites (N-methyl/N-ethyl adjacent to an activating group) is 1. The molecule has 0 aliphatic carbocycles. The number of rotatable bonds is 4. The predicted octanol–water partition coefficient (Wildman–Crippen LogP) is 0.106. The van der Waals surface area contributed by atoms with Crippen molar-refractivity contribution >= 4 is 5.91 Å². The fraction of sp³-hybridized carbons (Fsp3) is 0.909. The van der Waals surface area contributed by atoms with E-state index in [1.54, 1.807) is 7.11 Å². The zero-order chi connectivity index (χ0) is 12.4. The lowest BCUT2D eigenvalue weighted by atomic mass is 10.2. The lowest BCUT2D eigenvalue weighted by Gasteiger charge is -2.31. The number of nitrogens with zero attached hydrogens (tertiary/aromatic N) is 1. The highest BCUT2D eigenvalue weighted by atomic mass is 16.5. The number of morpholine rings is 1. The minimum Gasteiger partial charge on any atom is -0.383 e. The van der Waals surface area contributed by atoms with Gasteiger partial charge in [-0.1, -0.05) is 13.8 Å². The summed E-state index contributed by atoms with van der Waals surface area (Å²) in [5.74, 6) is 0.0178. The Kier molecular flexibility index (Phi) is 9.18. The van der Waals surface area contributed by atoms with E-state index < -0.39 is 0 Å². The van der Waals surface area contributed by atoms with Gasteiger partial charge in [-0.2, -0.15) is 0 Å². The average molecular weight is 232 g/mol. The summed E-state index contributed by atoms with van der Waals surface area (Å²) >= 11 is 0. The standard InChI is InChI=1S/C9H18N2O3.C2H6/c1-11-4-6-14-7-8(11)9(12)10-3-5-13-2;1-2/h8H,3-7H2,1-2H3,(H,10,12);1-2H3. The summed E-state index contributed by atoms with van der Waals surface area (Å²) in [7, 11) is 3.55. The van der Waals surface area contributed by atoms with Crippen LogP contribution in [0.3, 0.4) is 0 Å². The van der Waals surface area contributed by atoms with Crippen molar-refractivity contribution in [3.63, 3.8) is 0 Å². The molecule has 0 aromatic heterocycles. The van der Waals surface area contributed by atoms with E-state index in [4.69, 9.17) is 9.47 Å². The summed E-state index contributed by atoms with van der Waals surface area (Å²) in [5.41, 5.74) is 0. The Labute approximate surface area is 98.1 Å². The van der Waals surface area contributed by atoms with Gasteiger partial charge in [0.2, 0.25) is 5.91 Å². The van der Waals surface area contributed by atoms with Gasteiger partial charge in [-0.3, -0.25) is 9.69 Å². The molecule has 16 heavy (non-hydrogen) atoms. The third-order valence-electron chi connectivity index (χ3n) is 2.30. The first-order valence-corrected chi connectivity index (χ1v) is 5.80. The molecule has 1 saturated heterocycles. The van der Waals surface area contributed by atoms with Crippen molar-refractivity contribution in [2.45, 2.75) is 19.9 Å². The van der Waals surface area contributed by atoms with Crippen LogP contribution in [-0.4, -0.2) is 63.9 Å². The number of nitrogens with one attached hydrogen (secondary N) is 1. The summed E-state index contributed by atoms with van der Waals surface area (Å²) in [6, 6.07) is -0.152. The lowest BCUT2D eigenvalue weighted by Crippen LogP contribution is -2.52. The van der Waals surface area contributed by atoms with Crippen LogP contribution in [0, 0.1) is 0 Å². The maximum absolute atomic E-state index is 11.6. The van der Waals surface area contributed by atoms with Crippen LogP contribution >= 0.6 is 0 Å². The Morgan fingerprint density at radius 1 is 1.56 bits per heavy atom. The Hall–Kier alpha value is -0.650. The zero-order valence-corrected chi connectivity index (χ0v) is 10.8. The van der Waals surface area contributed by atoms with Gasteiger partial charge in [0.15, 0.2) is 0 Å². The molecule has 0 aromatic carbocycles. The van der Waals surface area contributed by atoms with Crippen LogP contribution in [0.25, 0.3) is 0 Å². The fourth-order valence-electron chi connectivity index (χ4n) is 1.36. The predicted molar refractivity (Wildman–Crippen MR) is 63.5 cm³/mol. The van der Waals surface area contributed by atoms with E-state index >= 15 is 0 Å². The van der Waals surface area contributed by atoms with E-state index in [0.29, 0.717) is 26.4 Å². The second-order valence-electron chi connectivity index (χ2n) is 3.36. The molecule has 1 unspecified atom stereocenters. The first kappa shape index (κ1) is 15.3. The third-order valence-corrected chi connectivity index (χ3v) is 2.30. The fourth-order valence-corrected chi connectivity index (χ4v) is 1.36. The monoisotopic (exact) mass is 232 g/mol. The third kappa shape index (κ3) is 5.44. The maximum atomic E-state index is 11.6. The number of hydrogen-bond acceptors (Lipinski definition) is 4. The number of methoxy groups -OCH3 is 1. The molecule has 96 valence electrons. The molecule has 0 aromatic rings. The molecule has 1 amide bonds. The summed E-state index contributed by atoms with van der Waals surface area (Å²) < 4.78 is 10.1. The first-order valence-electron chi connectivity index (χ1n) is 5.80. The molecule has 5 nitrogen and oxygen atoms in total. The minimum absolute atomic E-state index is 0.0178. The Morgan fingerprint density at radius 3 is 2.81 bits per heavy atom. The van der Waals surface area contributed by atoms with Crippen molar-refractivity contribution in [1.82, 2.24) is 10.2 Å². The molecule has 1 atom stereocenters. The number of carbonyl (C=O) groups is 1. The summed E-state index contributed by atoms with van der Waals surface area (Å²) in [4.78, 5) is 13.6. The van der Waals surface area contributed by atoms with Crippen molar-refractivity contribution < 1.29 is 14.3 Å². The van der Waals surface area contributed by atoms with E-state index in [2.05, 4.69) is 5.32 Å². The molecule has 0 saturated carbocycles. The van der Waals surface area contributed by atoms with Crippen LogP contribution in [-0.2, 0) is 14.3 Å². The highest BCUT2D eigenvalue weighted by Gasteiger charge is 2.25. The van der Waals surface area contributed by atoms with E-state index in [0.717, 1.165) is 6.54 Å². The highest BCUT2D eigenvalue weighted by molar-refractivity contribution is 5.81. The summed E-state index contributed by atoms with van der Waals surface area (Å²) in [6.07, 6.45) is 0. The van der Waals surface area contributed by atoms with Crippen molar-refractivity contribution in [2.24, 2.45) is 0 Å². The van der Waals surface area contributed by atoms with Crippen molar-refractivity contribution in [2.75, 3.05) is 47.1 Å². The summed E-state index contributed by atoms with van der Waals surface area (Å²) in [6.45, 7) is 7.10. The molecule has 0 bridgehead atoms. The summed E-state index contributed by atoms with van der Waals surface area (Å²) in [5, 5.41) is 2.80. The smallest absolute Gasteiger partial charge is 0.239 e. The van der Waals surface area contributed by atoms with Crippen molar-refractivity contribution in [3.05, 3.63) is 0 Å². The van der Waals surface area contributed by atoms with Gasteiger partial charge < -0.3 is 14.8 Å². The maximum Gasteiger partial charge on any atom is 0.239 e. The lowest BCUT2D eigenvalue weighted by molar-refractivity contribution is -0.131. The second-order valence-corrected chi connectivity index (χ2v) is 3.36. The molecule has 1 N–H and O–H groups in total. The van der Waals surface area contributed by atoms with Crippen LogP contribution < -0.4 is 5.32 Å². The molecule has 1 aliphatic rings. The molecule has 1 rings (SSSR count). The van der Waals surface area contributed by atoms with Gasteiger partial charge in [0.1, 0.15) is 6.04 Å². The normalized spacial score (nSPS) is 20.9. The van der Waals surface area contributed by atoms with Crippen LogP contribution in [0.4, 0.5) is 0 Å². The van der Waals surface area contributed by atoms with Crippen LogP contribution in [0.1, 0.15) is 13.8 Å².